The first kappa shape index (κ1) is 15.1. The van der Waals surface area contributed by atoms with Gasteiger partial charge in [0.05, 0.1) is 18.8 Å². The van der Waals surface area contributed by atoms with Gasteiger partial charge in [-0.2, -0.15) is 0 Å². The molecule has 5 nitrogen and oxygen atoms in total. The van der Waals surface area contributed by atoms with Gasteiger partial charge in [0.25, 0.3) is 0 Å². The van der Waals surface area contributed by atoms with Crippen molar-refractivity contribution < 1.29 is 14.3 Å². The fourth-order valence-electron chi connectivity index (χ4n) is 4.43. The predicted octanol–water partition coefficient (Wildman–Crippen LogP) is 2.01. The van der Waals surface area contributed by atoms with E-state index in [1.54, 1.807) is 7.11 Å². The van der Waals surface area contributed by atoms with E-state index in [4.69, 9.17) is 9.47 Å². The molecule has 120 valence electrons. The van der Waals surface area contributed by atoms with Crippen LogP contribution in [0.15, 0.2) is 0 Å². The summed E-state index contributed by atoms with van der Waals surface area (Å²) in [6, 6.07) is 0.408. The summed E-state index contributed by atoms with van der Waals surface area (Å²) in [5.41, 5.74) is 0.464. The summed E-state index contributed by atoms with van der Waals surface area (Å²) >= 11 is 0. The number of methoxy groups -OCH3 is 1. The van der Waals surface area contributed by atoms with Crippen LogP contribution in [0.3, 0.4) is 0 Å². The third-order valence-electron chi connectivity index (χ3n) is 5.18. The summed E-state index contributed by atoms with van der Waals surface area (Å²) in [6.07, 6.45) is 3.23. The van der Waals surface area contributed by atoms with Gasteiger partial charge in [-0.1, -0.05) is 6.92 Å². The number of ether oxygens (including phenoxy) is 2. The van der Waals surface area contributed by atoms with E-state index >= 15 is 0 Å². The Hall–Kier alpha value is -0.810. The van der Waals surface area contributed by atoms with Crippen LogP contribution in [0.1, 0.15) is 40.0 Å². The van der Waals surface area contributed by atoms with E-state index in [2.05, 4.69) is 26.1 Å². The van der Waals surface area contributed by atoms with Crippen molar-refractivity contribution in [1.29, 1.82) is 0 Å². The van der Waals surface area contributed by atoms with E-state index < -0.39 is 0 Å². The topological polar surface area (TPSA) is 50.8 Å². The average Bonchev–Trinajstić information content (AvgIpc) is 2.62. The Bertz CT molecular complexity index is 423. The highest BCUT2D eigenvalue weighted by Crippen LogP contribution is 2.52. The van der Waals surface area contributed by atoms with Gasteiger partial charge in [0.1, 0.15) is 0 Å². The molecule has 0 radical (unpaired) electrons. The average molecular weight is 296 g/mol. The molecule has 2 amide bonds. The van der Waals surface area contributed by atoms with E-state index in [0.29, 0.717) is 11.5 Å². The molecule has 1 N–H and O–H groups in total. The SMILES string of the molecule is COCC1(C)CN(C(=O)NC2CC3(COC(C)(C)C3)C2)C1. The maximum atomic E-state index is 12.2. The minimum atomic E-state index is 0.00835. The number of nitrogens with one attached hydrogen (secondary N) is 1. The zero-order valence-corrected chi connectivity index (χ0v) is 13.7. The van der Waals surface area contributed by atoms with Crippen molar-refractivity contribution in [2.24, 2.45) is 10.8 Å². The molecule has 1 spiro atoms. The molecule has 1 saturated carbocycles. The molecule has 0 bridgehead atoms. The number of hydrogen-bond acceptors (Lipinski definition) is 3. The first-order valence-corrected chi connectivity index (χ1v) is 7.93. The fourth-order valence-corrected chi connectivity index (χ4v) is 4.43. The summed E-state index contributed by atoms with van der Waals surface area (Å²) in [4.78, 5) is 14.1. The Kier molecular flexibility index (Phi) is 3.49. The van der Waals surface area contributed by atoms with Crippen LogP contribution >= 0.6 is 0 Å². The molecule has 2 heterocycles. The Balaban J connectivity index is 1.41. The molecule has 3 rings (SSSR count). The Morgan fingerprint density at radius 3 is 2.52 bits per heavy atom. The minimum Gasteiger partial charge on any atom is -0.384 e. The first-order chi connectivity index (χ1) is 9.75. The van der Waals surface area contributed by atoms with Crippen LogP contribution < -0.4 is 5.32 Å². The van der Waals surface area contributed by atoms with E-state index in [-0.39, 0.29) is 17.0 Å². The lowest BCUT2D eigenvalue weighted by atomic mass is 9.63. The molecule has 0 aromatic rings. The highest BCUT2D eigenvalue weighted by atomic mass is 16.5. The third kappa shape index (κ3) is 2.90. The van der Waals surface area contributed by atoms with Crippen LogP contribution in [0, 0.1) is 10.8 Å². The number of likely N-dealkylation sites (tertiary alicyclic amines) is 1. The van der Waals surface area contributed by atoms with Crippen molar-refractivity contribution >= 4 is 6.03 Å². The number of carbonyl (C=O) groups excluding carboxylic acids is 1. The summed E-state index contributed by atoms with van der Waals surface area (Å²) in [5, 5.41) is 3.17. The highest BCUT2D eigenvalue weighted by molar-refractivity contribution is 5.75. The van der Waals surface area contributed by atoms with Gasteiger partial charge in [-0.3, -0.25) is 0 Å². The zero-order chi connectivity index (χ0) is 15.3. The smallest absolute Gasteiger partial charge is 0.317 e. The Labute approximate surface area is 127 Å². The molecule has 5 heteroatoms. The van der Waals surface area contributed by atoms with Crippen molar-refractivity contribution in [2.45, 2.75) is 51.7 Å². The number of rotatable bonds is 3. The molecule has 0 atom stereocenters. The number of carbonyl (C=O) groups is 1. The van der Waals surface area contributed by atoms with Gasteiger partial charge in [-0.15, -0.1) is 0 Å². The lowest BCUT2D eigenvalue weighted by molar-refractivity contribution is -0.0209. The lowest BCUT2D eigenvalue weighted by Crippen LogP contribution is -2.63. The second-order valence-electron chi connectivity index (χ2n) is 8.38. The maximum Gasteiger partial charge on any atom is 0.317 e. The van der Waals surface area contributed by atoms with Gasteiger partial charge >= 0.3 is 6.03 Å². The van der Waals surface area contributed by atoms with Gasteiger partial charge in [0, 0.05) is 37.1 Å². The van der Waals surface area contributed by atoms with E-state index in [9.17, 15) is 4.79 Å². The summed E-state index contributed by atoms with van der Waals surface area (Å²) in [7, 11) is 1.72. The van der Waals surface area contributed by atoms with Crippen LogP contribution in [0.25, 0.3) is 0 Å². The summed E-state index contributed by atoms with van der Waals surface area (Å²) < 4.78 is 11.0. The molecule has 2 aliphatic heterocycles. The lowest BCUT2D eigenvalue weighted by Gasteiger charge is -2.50. The molecule has 0 aromatic carbocycles. The molecule has 2 saturated heterocycles. The molecular weight excluding hydrogens is 268 g/mol. The number of nitrogens with zero attached hydrogens (tertiary/aromatic N) is 1. The van der Waals surface area contributed by atoms with Crippen molar-refractivity contribution in [1.82, 2.24) is 10.2 Å². The number of urea groups is 1. The van der Waals surface area contributed by atoms with Crippen molar-refractivity contribution in [3.63, 3.8) is 0 Å². The Morgan fingerprint density at radius 2 is 2.00 bits per heavy atom. The van der Waals surface area contributed by atoms with E-state index in [1.165, 1.54) is 0 Å². The normalized spacial score (nSPS) is 36.2. The quantitative estimate of drug-likeness (QED) is 0.867. The highest BCUT2D eigenvalue weighted by Gasteiger charge is 2.53. The maximum absolute atomic E-state index is 12.2. The van der Waals surface area contributed by atoms with Crippen molar-refractivity contribution in [3.8, 4) is 0 Å². The number of hydrogen-bond donors (Lipinski definition) is 1. The Morgan fingerprint density at radius 1 is 1.33 bits per heavy atom. The number of amides is 2. The molecule has 0 aromatic heterocycles. The molecular formula is C16H28N2O3. The largest absolute Gasteiger partial charge is 0.384 e. The van der Waals surface area contributed by atoms with Crippen LogP contribution in [-0.2, 0) is 9.47 Å². The van der Waals surface area contributed by atoms with E-state index in [1.807, 2.05) is 4.90 Å². The molecule has 1 aliphatic carbocycles. The predicted molar refractivity (Wildman–Crippen MR) is 80.2 cm³/mol. The van der Waals surface area contributed by atoms with Gasteiger partial charge < -0.3 is 19.7 Å². The summed E-state index contributed by atoms with van der Waals surface area (Å²) in [6.45, 7) is 9.63. The van der Waals surface area contributed by atoms with Gasteiger partial charge in [-0.25, -0.2) is 4.79 Å². The summed E-state index contributed by atoms with van der Waals surface area (Å²) in [5.74, 6) is 0. The second-order valence-corrected chi connectivity index (χ2v) is 8.38. The zero-order valence-electron chi connectivity index (χ0n) is 13.7. The molecule has 21 heavy (non-hydrogen) atoms. The second kappa shape index (κ2) is 4.85. The van der Waals surface area contributed by atoms with E-state index in [0.717, 1.165) is 45.6 Å². The monoisotopic (exact) mass is 296 g/mol. The molecule has 0 unspecified atom stereocenters. The van der Waals surface area contributed by atoms with Gasteiger partial charge in [0.15, 0.2) is 0 Å². The van der Waals surface area contributed by atoms with Crippen LogP contribution in [-0.4, -0.2) is 56.0 Å². The van der Waals surface area contributed by atoms with Gasteiger partial charge in [-0.05, 0) is 33.1 Å². The molecule has 3 aliphatic rings. The van der Waals surface area contributed by atoms with Crippen LogP contribution in [0.2, 0.25) is 0 Å². The fraction of sp³-hybridized carbons (Fsp3) is 0.938. The van der Waals surface area contributed by atoms with Crippen molar-refractivity contribution in [2.75, 3.05) is 33.4 Å². The molecule has 3 fully saturated rings. The van der Waals surface area contributed by atoms with Crippen LogP contribution in [0.5, 0.6) is 0 Å². The third-order valence-corrected chi connectivity index (χ3v) is 5.18. The standard InChI is InChI=1S/C16H28N2O3/c1-14(2)7-16(11-21-14)5-12(6-16)17-13(19)18-8-15(3,9-18)10-20-4/h12H,5-11H2,1-4H3,(H,17,19). The van der Waals surface area contributed by atoms with Gasteiger partial charge in [0.2, 0.25) is 0 Å². The minimum absolute atomic E-state index is 0.00835. The van der Waals surface area contributed by atoms with Crippen LogP contribution in [0.4, 0.5) is 4.79 Å². The van der Waals surface area contributed by atoms with Crippen molar-refractivity contribution in [3.05, 3.63) is 0 Å². The first-order valence-electron chi connectivity index (χ1n) is 7.93.